The molecule has 88 valence electrons. The minimum absolute atomic E-state index is 0.281. The third-order valence-electron chi connectivity index (χ3n) is 2.92. The molecule has 3 nitrogen and oxygen atoms in total. The van der Waals surface area contributed by atoms with Crippen molar-refractivity contribution < 1.29 is 14.3 Å². The number of benzene rings is 1. The molecule has 0 radical (unpaired) electrons. The van der Waals surface area contributed by atoms with Crippen LogP contribution in [0, 0.1) is 0 Å². The number of hydrogen-bond acceptors (Lipinski definition) is 3. The van der Waals surface area contributed by atoms with E-state index in [9.17, 15) is 5.11 Å². The summed E-state index contributed by atoms with van der Waals surface area (Å²) in [5.41, 5.74) is 3.10. The van der Waals surface area contributed by atoms with Gasteiger partial charge in [-0.3, -0.25) is 0 Å². The van der Waals surface area contributed by atoms with Crippen molar-refractivity contribution in [1.82, 2.24) is 0 Å². The molecule has 0 amide bonds. The van der Waals surface area contributed by atoms with Crippen LogP contribution in [0.3, 0.4) is 0 Å². The van der Waals surface area contributed by atoms with Crippen molar-refractivity contribution in [3.8, 4) is 0 Å². The molecule has 1 aromatic heterocycles. The highest BCUT2D eigenvalue weighted by Crippen LogP contribution is 2.29. The summed E-state index contributed by atoms with van der Waals surface area (Å²) in [5.74, 6) is 0.453. The highest BCUT2D eigenvalue weighted by Gasteiger charge is 2.18. The summed E-state index contributed by atoms with van der Waals surface area (Å²) in [6.45, 7) is 1.26. The third-order valence-corrected chi connectivity index (χ3v) is 3.13. The average Bonchev–Trinajstić information content (AvgIpc) is 2.95. The van der Waals surface area contributed by atoms with Gasteiger partial charge in [0.15, 0.2) is 5.22 Å². The molecule has 0 fully saturated rings. The van der Waals surface area contributed by atoms with Gasteiger partial charge in [0.2, 0.25) is 0 Å². The van der Waals surface area contributed by atoms with Gasteiger partial charge in [-0.15, -0.1) is 0 Å². The Morgan fingerprint density at radius 3 is 2.71 bits per heavy atom. The van der Waals surface area contributed by atoms with Crippen LogP contribution in [0.4, 0.5) is 0 Å². The molecule has 1 N–H and O–H groups in total. The molecule has 17 heavy (non-hydrogen) atoms. The second-order valence-corrected chi connectivity index (χ2v) is 4.44. The number of ether oxygens (including phenoxy) is 1. The molecule has 3 rings (SSSR count). The minimum Gasteiger partial charge on any atom is -0.447 e. The lowest BCUT2D eigenvalue weighted by Gasteiger charge is -2.09. The highest BCUT2D eigenvalue weighted by molar-refractivity contribution is 6.28. The summed E-state index contributed by atoms with van der Waals surface area (Å²) < 4.78 is 10.5. The van der Waals surface area contributed by atoms with Crippen molar-refractivity contribution in [2.75, 3.05) is 0 Å². The number of aliphatic hydroxyl groups is 1. The lowest BCUT2D eigenvalue weighted by molar-refractivity contribution is 0.134. The van der Waals surface area contributed by atoms with Crippen molar-refractivity contribution in [2.24, 2.45) is 0 Å². The lowest BCUT2D eigenvalue weighted by Crippen LogP contribution is -1.99. The normalized spacial score (nSPS) is 15.9. The Labute approximate surface area is 104 Å². The molecule has 0 spiro atoms. The maximum Gasteiger partial charge on any atom is 0.193 e. The van der Waals surface area contributed by atoms with Gasteiger partial charge in [0.25, 0.3) is 0 Å². The third kappa shape index (κ3) is 1.97. The fourth-order valence-electron chi connectivity index (χ4n) is 2.00. The average molecular weight is 251 g/mol. The quantitative estimate of drug-likeness (QED) is 0.891. The molecule has 2 aromatic rings. The van der Waals surface area contributed by atoms with Gasteiger partial charge in [0.05, 0.1) is 13.2 Å². The van der Waals surface area contributed by atoms with Gasteiger partial charge in [-0.1, -0.05) is 18.2 Å². The number of fused-ring (bicyclic) bond motifs is 1. The summed E-state index contributed by atoms with van der Waals surface area (Å²) in [7, 11) is 0. The maximum absolute atomic E-state index is 10.1. The van der Waals surface area contributed by atoms with Gasteiger partial charge in [-0.2, -0.15) is 0 Å². The van der Waals surface area contributed by atoms with E-state index in [-0.39, 0.29) is 5.22 Å². The summed E-state index contributed by atoms with van der Waals surface area (Å²) in [6, 6.07) is 9.11. The molecule has 2 heterocycles. The standard InChI is InChI=1S/C13H11ClO3/c14-12-4-3-11(17-12)13(15)8-1-2-9-6-16-7-10(9)5-8/h1-5,13,15H,6-7H2. The second kappa shape index (κ2) is 4.18. The predicted octanol–water partition coefficient (Wildman–Crippen LogP) is 3.04. The number of aliphatic hydroxyl groups excluding tert-OH is 1. The van der Waals surface area contributed by atoms with E-state index in [1.165, 1.54) is 5.56 Å². The fraction of sp³-hybridized carbons (Fsp3) is 0.231. The fourth-order valence-corrected chi connectivity index (χ4v) is 2.15. The molecule has 1 unspecified atom stereocenters. The van der Waals surface area contributed by atoms with Crippen LogP contribution in [0.5, 0.6) is 0 Å². The highest BCUT2D eigenvalue weighted by atomic mass is 35.5. The topological polar surface area (TPSA) is 42.6 Å². The van der Waals surface area contributed by atoms with Gasteiger partial charge in [-0.25, -0.2) is 0 Å². The van der Waals surface area contributed by atoms with E-state index in [2.05, 4.69) is 0 Å². The minimum atomic E-state index is -0.784. The Bertz CT molecular complexity index is 547. The molecule has 0 bridgehead atoms. The van der Waals surface area contributed by atoms with Gasteiger partial charge in [-0.05, 0) is 40.4 Å². The van der Waals surface area contributed by atoms with Crippen LogP contribution in [0.1, 0.15) is 28.6 Å². The Balaban J connectivity index is 1.94. The van der Waals surface area contributed by atoms with E-state index in [4.69, 9.17) is 20.8 Å². The van der Waals surface area contributed by atoms with Crippen LogP contribution >= 0.6 is 11.6 Å². The largest absolute Gasteiger partial charge is 0.447 e. The summed E-state index contributed by atoms with van der Waals surface area (Å²) >= 11 is 5.69. The van der Waals surface area contributed by atoms with Crippen molar-refractivity contribution in [3.63, 3.8) is 0 Å². The number of furan rings is 1. The smallest absolute Gasteiger partial charge is 0.193 e. The first-order valence-corrected chi connectivity index (χ1v) is 5.74. The van der Waals surface area contributed by atoms with E-state index < -0.39 is 6.10 Å². The maximum atomic E-state index is 10.1. The Kier molecular flexibility index (Phi) is 2.67. The Morgan fingerprint density at radius 1 is 1.12 bits per heavy atom. The molecule has 0 aliphatic carbocycles. The molecule has 1 aliphatic heterocycles. The van der Waals surface area contributed by atoms with E-state index in [1.807, 2.05) is 18.2 Å². The van der Waals surface area contributed by atoms with Gasteiger partial charge in [0, 0.05) is 0 Å². The summed E-state index contributed by atoms with van der Waals surface area (Å²) in [5, 5.41) is 10.4. The monoisotopic (exact) mass is 250 g/mol. The van der Waals surface area contributed by atoms with E-state index in [1.54, 1.807) is 12.1 Å². The van der Waals surface area contributed by atoms with Gasteiger partial charge < -0.3 is 14.3 Å². The molecule has 1 aromatic carbocycles. The van der Waals surface area contributed by atoms with Gasteiger partial charge in [0.1, 0.15) is 11.9 Å². The summed E-state index contributed by atoms with van der Waals surface area (Å²) in [4.78, 5) is 0. The zero-order valence-corrected chi connectivity index (χ0v) is 9.78. The number of rotatable bonds is 2. The molecular weight excluding hydrogens is 240 g/mol. The predicted molar refractivity (Wildman–Crippen MR) is 62.7 cm³/mol. The van der Waals surface area contributed by atoms with Crippen molar-refractivity contribution >= 4 is 11.6 Å². The summed E-state index contributed by atoms with van der Waals surface area (Å²) in [6.07, 6.45) is -0.784. The molecule has 1 aliphatic rings. The first-order chi connectivity index (χ1) is 8.24. The lowest BCUT2D eigenvalue weighted by atomic mass is 10.0. The van der Waals surface area contributed by atoms with Crippen LogP contribution in [-0.2, 0) is 18.0 Å². The van der Waals surface area contributed by atoms with E-state index in [0.29, 0.717) is 19.0 Å². The SMILES string of the molecule is OC(c1ccc2c(c1)COC2)c1ccc(Cl)o1. The zero-order chi connectivity index (χ0) is 11.8. The molecule has 0 saturated carbocycles. The van der Waals surface area contributed by atoms with Crippen LogP contribution < -0.4 is 0 Å². The van der Waals surface area contributed by atoms with Crippen LogP contribution in [0.25, 0.3) is 0 Å². The van der Waals surface area contributed by atoms with Crippen molar-refractivity contribution in [2.45, 2.75) is 19.3 Å². The number of hydrogen-bond donors (Lipinski definition) is 1. The number of halogens is 1. The first kappa shape index (κ1) is 10.8. The Morgan fingerprint density at radius 2 is 1.94 bits per heavy atom. The van der Waals surface area contributed by atoms with Crippen molar-refractivity contribution in [1.29, 1.82) is 0 Å². The van der Waals surface area contributed by atoms with Crippen molar-refractivity contribution in [3.05, 3.63) is 58.0 Å². The second-order valence-electron chi connectivity index (χ2n) is 4.07. The van der Waals surface area contributed by atoms with Crippen LogP contribution in [0.15, 0.2) is 34.7 Å². The molecule has 0 saturated heterocycles. The first-order valence-electron chi connectivity index (χ1n) is 5.37. The molecular formula is C13H11ClO3. The van der Waals surface area contributed by atoms with E-state index >= 15 is 0 Å². The molecule has 4 heteroatoms. The van der Waals surface area contributed by atoms with Crippen LogP contribution in [0.2, 0.25) is 5.22 Å². The Hall–Kier alpha value is -1.29. The molecule has 1 atom stereocenters. The van der Waals surface area contributed by atoms with Gasteiger partial charge >= 0.3 is 0 Å². The van der Waals surface area contributed by atoms with Crippen LogP contribution in [-0.4, -0.2) is 5.11 Å². The zero-order valence-electron chi connectivity index (χ0n) is 9.02. The van der Waals surface area contributed by atoms with E-state index in [0.717, 1.165) is 11.1 Å².